The van der Waals surface area contributed by atoms with Gasteiger partial charge < -0.3 is 0 Å². The van der Waals surface area contributed by atoms with E-state index in [1.54, 1.807) is 0 Å². The lowest BCUT2D eigenvalue weighted by Gasteiger charge is -2.14. The third-order valence-electron chi connectivity index (χ3n) is 2.73. The van der Waals surface area contributed by atoms with Crippen LogP contribution in [0.2, 0.25) is 0 Å². The van der Waals surface area contributed by atoms with Crippen LogP contribution in [-0.2, 0) is 15.8 Å². The first-order chi connectivity index (χ1) is 8.71. The number of carbonyl (C=O) groups is 2. The zero-order chi connectivity index (χ0) is 14.4. The molecule has 19 heavy (non-hydrogen) atoms. The molecule has 102 valence electrons. The van der Waals surface area contributed by atoms with Crippen molar-refractivity contribution in [2.45, 2.75) is 16.9 Å². The first kappa shape index (κ1) is 14.0. The summed E-state index contributed by atoms with van der Waals surface area (Å²) in [6.07, 6.45) is -4.65. The first-order valence-electron chi connectivity index (χ1n) is 5.07. The van der Waals surface area contributed by atoms with Gasteiger partial charge in [0.1, 0.15) is 10.6 Å². The molecule has 1 aliphatic heterocycles. The zero-order valence-electron chi connectivity index (χ0n) is 9.09. The topological polar surface area (TPSA) is 46.2 Å². The van der Waals surface area contributed by atoms with Crippen LogP contribution < -0.4 is 5.32 Å². The Morgan fingerprint density at radius 1 is 1.16 bits per heavy atom. The Labute approximate surface area is 113 Å². The number of halogens is 5. The fraction of sp³-hybridized carbons (Fsp3) is 0.273. The van der Waals surface area contributed by atoms with Gasteiger partial charge in [0.15, 0.2) is 0 Å². The highest BCUT2D eigenvalue weighted by Crippen LogP contribution is 2.36. The number of nitrogens with one attached hydrogen (secondary N) is 1. The number of hydrogen-bond acceptors (Lipinski definition) is 2. The van der Waals surface area contributed by atoms with Crippen LogP contribution in [0.25, 0.3) is 0 Å². The van der Waals surface area contributed by atoms with Crippen molar-refractivity contribution in [1.29, 1.82) is 0 Å². The molecule has 2 unspecified atom stereocenters. The van der Waals surface area contributed by atoms with Crippen LogP contribution in [-0.4, -0.2) is 16.6 Å². The van der Waals surface area contributed by atoms with E-state index >= 15 is 0 Å². The van der Waals surface area contributed by atoms with E-state index in [2.05, 4.69) is 15.9 Å². The normalized spacial score (nSPS) is 23.6. The number of imide groups is 1. The number of amides is 2. The van der Waals surface area contributed by atoms with E-state index in [1.165, 1.54) is 0 Å². The molecule has 2 amide bonds. The van der Waals surface area contributed by atoms with Gasteiger partial charge in [0.25, 0.3) is 0 Å². The second-order valence-corrected chi connectivity index (χ2v) is 4.95. The van der Waals surface area contributed by atoms with Gasteiger partial charge >= 0.3 is 6.18 Å². The Morgan fingerprint density at radius 2 is 1.79 bits per heavy atom. The molecule has 1 fully saturated rings. The minimum Gasteiger partial charge on any atom is -0.295 e. The van der Waals surface area contributed by atoms with Crippen LogP contribution in [0.1, 0.15) is 17.0 Å². The maximum Gasteiger partial charge on any atom is 0.416 e. The summed E-state index contributed by atoms with van der Waals surface area (Å²) < 4.78 is 51.3. The SMILES string of the molecule is O=C1NC(=O)C(c2cc(C(F)(F)F)ccc2F)C1Br. The van der Waals surface area contributed by atoms with Gasteiger partial charge in [-0.1, -0.05) is 15.9 Å². The van der Waals surface area contributed by atoms with Gasteiger partial charge in [0, 0.05) is 5.56 Å². The van der Waals surface area contributed by atoms with Crippen molar-refractivity contribution in [3.05, 3.63) is 35.1 Å². The van der Waals surface area contributed by atoms with Gasteiger partial charge in [0.2, 0.25) is 11.8 Å². The smallest absolute Gasteiger partial charge is 0.295 e. The van der Waals surface area contributed by atoms with E-state index in [9.17, 15) is 27.2 Å². The molecule has 1 saturated heterocycles. The Balaban J connectivity index is 2.50. The first-order valence-corrected chi connectivity index (χ1v) is 5.99. The molecule has 1 aliphatic rings. The summed E-state index contributed by atoms with van der Waals surface area (Å²) in [5.74, 6) is -3.81. The molecule has 0 saturated carbocycles. The molecule has 1 N–H and O–H groups in total. The van der Waals surface area contributed by atoms with Crippen molar-refractivity contribution in [2.24, 2.45) is 0 Å². The lowest BCUT2D eigenvalue weighted by molar-refractivity contribution is -0.137. The molecule has 0 radical (unpaired) electrons. The van der Waals surface area contributed by atoms with Crippen LogP contribution in [0.3, 0.4) is 0 Å². The summed E-state index contributed by atoms with van der Waals surface area (Å²) >= 11 is 2.88. The van der Waals surface area contributed by atoms with Crippen molar-refractivity contribution < 1.29 is 27.2 Å². The lowest BCUT2D eigenvalue weighted by atomic mass is 9.95. The van der Waals surface area contributed by atoms with Crippen molar-refractivity contribution in [3.63, 3.8) is 0 Å². The highest BCUT2D eigenvalue weighted by Gasteiger charge is 2.43. The highest BCUT2D eigenvalue weighted by atomic mass is 79.9. The standard InChI is InChI=1S/C11H6BrF4NO2/c12-8-7(9(18)17-10(8)19)5-3-4(11(14,15)16)1-2-6(5)13/h1-3,7-8H,(H,17,18,19). The second kappa shape index (κ2) is 4.59. The minimum atomic E-state index is -4.65. The second-order valence-electron chi connectivity index (χ2n) is 3.97. The maximum absolute atomic E-state index is 13.6. The zero-order valence-corrected chi connectivity index (χ0v) is 10.7. The summed E-state index contributed by atoms with van der Waals surface area (Å²) in [6, 6.07) is 1.76. The average Bonchev–Trinajstić information content (AvgIpc) is 2.53. The van der Waals surface area contributed by atoms with Crippen LogP contribution in [0.5, 0.6) is 0 Å². The largest absolute Gasteiger partial charge is 0.416 e. The van der Waals surface area contributed by atoms with Gasteiger partial charge in [-0.15, -0.1) is 0 Å². The molecule has 2 rings (SSSR count). The van der Waals surface area contributed by atoms with Crippen LogP contribution in [0, 0.1) is 5.82 Å². The third kappa shape index (κ3) is 2.49. The molecule has 8 heteroatoms. The molecular weight excluding hydrogens is 334 g/mol. The van der Waals surface area contributed by atoms with Crippen molar-refractivity contribution in [1.82, 2.24) is 5.32 Å². The van der Waals surface area contributed by atoms with Gasteiger partial charge in [-0.25, -0.2) is 4.39 Å². The molecule has 0 aliphatic carbocycles. The van der Waals surface area contributed by atoms with E-state index in [0.717, 1.165) is 0 Å². The monoisotopic (exact) mass is 339 g/mol. The summed E-state index contributed by atoms with van der Waals surface area (Å²) in [4.78, 5) is 21.7. The van der Waals surface area contributed by atoms with Gasteiger partial charge in [0.05, 0.1) is 11.5 Å². The van der Waals surface area contributed by atoms with E-state index in [-0.39, 0.29) is 0 Å². The molecule has 0 spiro atoms. The summed E-state index contributed by atoms with van der Waals surface area (Å²) in [7, 11) is 0. The number of benzene rings is 1. The summed E-state index contributed by atoms with van der Waals surface area (Å²) in [5, 5.41) is 1.93. The summed E-state index contributed by atoms with van der Waals surface area (Å²) in [6.45, 7) is 0. The van der Waals surface area contributed by atoms with Crippen LogP contribution >= 0.6 is 15.9 Å². The van der Waals surface area contributed by atoms with Crippen LogP contribution in [0.15, 0.2) is 18.2 Å². The fourth-order valence-corrected chi connectivity index (χ4v) is 2.45. The Kier molecular flexibility index (Phi) is 3.38. The Hall–Kier alpha value is -1.44. The summed E-state index contributed by atoms with van der Waals surface area (Å²) in [5.41, 5.74) is -1.53. The van der Waals surface area contributed by atoms with Gasteiger partial charge in [-0.05, 0) is 18.2 Å². The fourth-order valence-electron chi connectivity index (χ4n) is 1.81. The molecule has 0 bridgehead atoms. The van der Waals surface area contributed by atoms with Gasteiger partial charge in [-0.3, -0.25) is 14.9 Å². The van der Waals surface area contributed by atoms with Crippen molar-refractivity contribution in [2.75, 3.05) is 0 Å². The number of hydrogen-bond donors (Lipinski definition) is 1. The molecule has 2 atom stereocenters. The quantitative estimate of drug-likeness (QED) is 0.485. The molecule has 0 aromatic heterocycles. The predicted octanol–water partition coefficient (Wildman–Crippen LogP) is 2.35. The minimum absolute atomic E-state index is 0.458. The molecule has 3 nitrogen and oxygen atoms in total. The third-order valence-corrected chi connectivity index (χ3v) is 3.67. The lowest BCUT2D eigenvalue weighted by Crippen LogP contribution is -2.22. The highest BCUT2D eigenvalue weighted by molar-refractivity contribution is 9.10. The molecular formula is C11H6BrF4NO2. The Morgan fingerprint density at radius 3 is 2.26 bits per heavy atom. The number of rotatable bonds is 1. The molecule has 1 aromatic carbocycles. The molecule has 1 aromatic rings. The van der Waals surface area contributed by atoms with E-state index < -0.39 is 45.7 Å². The number of carbonyl (C=O) groups excluding carboxylic acids is 2. The van der Waals surface area contributed by atoms with Crippen molar-refractivity contribution >= 4 is 27.7 Å². The van der Waals surface area contributed by atoms with Crippen molar-refractivity contribution in [3.8, 4) is 0 Å². The van der Waals surface area contributed by atoms with E-state index in [0.29, 0.717) is 18.2 Å². The molecule has 1 heterocycles. The van der Waals surface area contributed by atoms with E-state index in [4.69, 9.17) is 0 Å². The van der Waals surface area contributed by atoms with Crippen LogP contribution in [0.4, 0.5) is 17.6 Å². The number of alkyl halides is 4. The maximum atomic E-state index is 13.6. The van der Waals surface area contributed by atoms with E-state index in [1.807, 2.05) is 5.32 Å². The average molecular weight is 340 g/mol. The predicted molar refractivity (Wildman–Crippen MR) is 60.0 cm³/mol. The van der Waals surface area contributed by atoms with Gasteiger partial charge in [-0.2, -0.15) is 13.2 Å². The Bertz CT molecular complexity index is 558.